The van der Waals surface area contributed by atoms with Crippen LogP contribution in [0.1, 0.15) is 19.4 Å². The van der Waals surface area contributed by atoms with Crippen molar-refractivity contribution in [2.45, 2.75) is 24.9 Å². The fraction of sp³-hybridized carbons (Fsp3) is 0.316. The van der Waals surface area contributed by atoms with E-state index in [-0.39, 0.29) is 16.5 Å². The molecule has 10 heteroatoms. The molecule has 29 heavy (non-hydrogen) atoms. The van der Waals surface area contributed by atoms with Crippen molar-refractivity contribution in [3.63, 3.8) is 0 Å². The summed E-state index contributed by atoms with van der Waals surface area (Å²) in [4.78, 5) is 12.1. The topological polar surface area (TPSA) is 66.5 Å². The zero-order valence-corrected chi connectivity index (χ0v) is 17.3. The first-order chi connectivity index (χ1) is 13.4. The summed E-state index contributed by atoms with van der Waals surface area (Å²) < 4.78 is 66.6. The molecule has 0 spiro atoms. The van der Waals surface area contributed by atoms with Crippen LogP contribution in [0.25, 0.3) is 0 Å². The van der Waals surface area contributed by atoms with Gasteiger partial charge in [-0.05, 0) is 36.2 Å². The number of anilines is 1. The van der Waals surface area contributed by atoms with Crippen molar-refractivity contribution in [1.82, 2.24) is 5.32 Å². The van der Waals surface area contributed by atoms with E-state index < -0.39 is 39.2 Å². The normalized spacial score (nSPS) is 12.1. The number of nitrogens with one attached hydrogen (secondary N) is 1. The minimum Gasteiger partial charge on any atom is -0.354 e. The fourth-order valence-electron chi connectivity index (χ4n) is 2.42. The first-order valence-corrected chi connectivity index (χ1v) is 10.5. The average Bonchev–Trinajstić information content (AvgIpc) is 2.64. The van der Waals surface area contributed by atoms with Crippen molar-refractivity contribution in [2.75, 3.05) is 17.4 Å². The Morgan fingerprint density at radius 3 is 2.31 bits per heavy atom. The van der Waals surface area contributed by atoms with E-state index in [9.17, 15) is 26.4 Å². The number of benzene rings is 2. The lowest BCUT2D eigenvalue weighted by atomic mass is 10.2. The lowest BCUT2D eigenvalue weighted by Crippen LogP contribution is -2.41. The van der Waals surface area contributed by atoms with Gasteiger partial charge in [0.15, 0.2) is 0 Å². The SMILES string of the molecule is CC(C)CNC(=O)CN(c1ccc(Cl)c(C(F)(F)F)c1)S(=O)(=O)c1ccccc1. The maximum absolute atomic E-state index is 13.3. The van der Waals surface area contributed by atoms with Gasteiger partial charge in [0.1, 0.15) is 6.54 Å². The third-order valence-corrected chi connectivity index (χ3v) is 5.99. The highest BCUT2D eigenvalue weighted by Crippen LogP contribution is 2.37. The molecule has 0 bridgehead atoms. The molecule has 0 fully saturated rings. The van der Waals surface area contributed by atoms with Crippen molar-refractivity contribution in [2.24, 2.45) is 5.92 Å². The molecule has 2 aromatic rings. The third-order valence-electron chi connectivity index (χ3n) is 3.87. The number of carbonyl (C=O) groups is 1. The minimum absolute atomic E-state index is 0.116. The number of sulfonamides is 1. The number of hydrogen-bond acceptors (Lipinski definition) is 3. The maximum Gasteiger partial charge on any atom is 0.417 e. The van der Waals surface area contributed by atoms with Crippen LogP contribution < -0.4 is 9.62 Å². The molecule has 0 heterocycles. The summed E-state index contributed by atoms with van der Waals surface area (Å²) in [5.74, 6) is -0.521. The second-order valence-electron chi connectivity index (χ2n) is 6.68. The first-order valence-electron chi connectivity index (χ1n) is 8.64. The van der Waals surface area contributed by atoms with Gasteiger partial charge < -0.3 is 5.32 Å². The Morgan fingerprint density at radius 2 is 1.76 bits per heavy atom. The Balaban J connectivity index is 2.52. The van der Waals surface area contributed by atoms with Crippen LogP contribution in [0, 0.1) is 5.92 Å². The highest BCUT2D eigenvalue weighted by molar-refractivity contribution is 7.92. The molecule has 158 valence electrons. The number of amides is 1. The highest BCUT2D eigenvalue weighted by Gasteiger charge is 2.35. The summed E-state index contributed by atoms with van der Waals surface area (Å²) >= 11 is 5.64. The molecule has 2 rings (SSSR count). The molecule has 0 aliphatic carbocycles. The summed E-state index contributed by atoms with van der Waals surface area (Å²) in [5, 5.41) is 2.00. The van der Waals surface area contributed by atoms with Crippen LogP contribution in [0.3, 0.4) is 0 Å². The monoisotopic (exact) mass is 448 g/mol. The molecule has 2 aromatic carbocycles. The lowest BCUT2D eigenvalue weighted by Gasteiger charge is -2.25. The van der Waals surface area contributed by atoms with Crippen LogP contribution in [0.15, 0.2) is 53.4 Å². The molecule has 0 radical (unpaired) electrons. The largest absolute Gasteiger partial charge is 0.417 e. The van der Waals surface area contributed by atoms with E-state index in [1.165, 1.54) is 24.3 Å². The zero-order chi connectivity index (χ0) is 21.8. The number of halogens is 4. The molecular formula is C19H20ClF3N2O3S. The standard InChI is InChI=1S/C19H20ClF3N2O3S/c1-13(2)11-24-18(26)12-25(29(27,28)15-6-4-3-5-7-15)14-8-9-17(20)16(10-14)19(21,22)23/h3-10,13H,11-12H2,1-2H3,(H,24,26). The molecule has 5 nitrogen and oxygen atoms in total. The van der Waals surface area contributed by atoms with Crippen molar-refractivity contribution in [3.8, 4) is 0 Å². The Hall–Kier alpha value is -2.26. The first kappa shape index (κ1) is 23.0. The Morgan fingerprint density at radius 1 is 1.14 bits per heavy atom. The van der Waals surface area contributed by atoms with Crippen LogP contribution >= 0.6 is 11.6 Å². The molecule has 0 aliphatic heterocycles. The van der Waals surface area contributed by atoms with E-state index >= 15 is 0 Å². The van der Waals surface area contributed by atoms with Crippen molar-refractivity contribution < 1.29 is 26.4 Å². The predicted octanol–water partition coefficient (Wildman–Crippen LogP) is 4.33. The Bertz CT molecular complexity index is 964. The van der Waals surface area contributed by atoms with Gasteiger partial charge in [0.25, 0.3) is 10.0 Å². The summed E-state index contributed by atoms with van der Waals surface area (Å²) in [7, 11) is -4.30. The summed E-state index contributed by atoms with van der Waals surface area (Å²) in [6.45, 7) is 3.33. The third kappa shape index (κ3) is 5.86. The number of rotatable bonds is 7. The molecule has 1 amide bonds. The smallest absolute Gasteiger partial charge is 0.354 e. The van der Waals surface area contributed by atoms with Crippen LogP contribution in [0.4, 0.5) is 18.9 Å². The Labute approximate surface area is 172 Å². The number of nitrogens with zero attached hydrogens (tertiary/aromatic N) is 1. The number of hydrogen-bond donors (Lipinski definition) is 1. The zero-order valence-electron chi connectivity index (χ0n) is 15.7. The lowest BCUT2D eigenvalue weighted by molar-refractivity contribution is -0.137. The second kappa shape index (κ2) is 9.04. The van der Waals surface area contributed by atoms with Crippen LogP contribution in [-0.2, 0) is 21.0 Å². The number of alkyl halides is 3. The summed E-state index contributed by atoms with van der Waals surface area (Å²) in [6, 6.07) is 9.87. The molecule has 0 saturated heterocycles. The molecule has 0 atom stereocenters. The van der Waals surface area contributed by atoms with Crippen molar-refractivity contribution in [1.29, 1.82) is 0 Å². The van der Waals surface area contributed by atoms with Gasteiger partial charge in [-0.1, -0.05) is 43.6 Å². The van der Waals surface area contributed by atoms with E-state index in [4.69, 9.17) is 11.6 Å². The van der Waals surface area contributed by atoms with Gasteiger partial charge in [-0.15, -0.1) is 0 Å². The molecule has 0 aromatic heterocycles. The van der Waals surface area contributed by atoms with Gasteiger partial charge in [0.05, 0.1) is 21.2 Å². The van der Waals surface area contributed by atoms with Gasteiger partial charge in [0.2, 0.25) is 5.91 Å². The van der Waals surface area contributed by atoms with Crippen LogP contribution in [0.5, 0.6) is 0 Å². The van der Waals surface area contributed by atoms with Gasteiger partial charge in [-0.25, -0.2) is 8.42 Å². The average molecular weight is 449 g/mol. The van der Waals surface area contributed by atoms with E-state index in [0.29, 0.717) is 16.9 Å². The summed E-state index contributed by atoms with van der Waals surface area (Å²) in [5.41, 5.74) is -1.50. The van der Waals surface area contributed by atoms with Gasteiger partial charge >= 0.3 is 6.18 Å². The number of carbonyl (C=O) groups excluding carboxylic acids is 1. The van der Waals surface area contributed by atoms with E-state index in [1.807, 2.05) is 13.8 Å². The fourth-order valence-corrected chi connectivity index (χ4v) is 4.08. The van der Waals surface area contributed by atoms with Crippen molar-refractivity contribution >= 4 is 33.2 Å². The minimum atomic E-state index is -4.78. The Kier molecular flexibility index (Phi) is 7.18. The second-order valence-corrected chi connectivity index (χ2v) is 8.95. The van der Waals surface area contributed by atoms with Gasteiger partial charge in [0, 0.05) is 6.54 Å². The van der Waals surface area contributed by atoms with E-state index in [0.717, 1.165) is 12.1 Å². The predicted molar refractivity (Wildman–Crippen MR) is 105 cm³/mol. The van der Waals surface area contributed by atoms with Crippen LogP contribution in [-0.4, -0.2) is 27.4 Å². The summed E-state index contributed by atoms with van der Waals surface area (Å²) in [6.07, 6.45) is -4.78. The van der Waals surface area contributed by atoms with Gasteiger partial charge in [-0.3, -0.25) is 9.10 Å². The molecule has 1 N–H and O–H groups in total. The molecule has 0 unspecified atom stereocenters. The van der Waals surface area contributed by atoms with E-state index in [1.54, 1.807) is 6.07 Å². The molecule has 0 aliphatic rings. The highest BCUT2D eigenvalue weighted by atomic mass is 35.5. The van der Waals surface area contributed by atoms with Gasteiger partial charge in [-0.2, -0.15) is 13.2 Å². The molecule has 0 saturated carbocycles. The maximum atomic E-state index is 13.3. The van der Waals surface area contributed by atoms with Crippen molar-refractivity contribution in [3.05, 3.63) is 59.1 Å². The molecular weight excluding hydrogens is 429 g/mol. The van der Waals surface area contributed by atoms with E-state index in [2.05, 4.69) is 5.32 Å². The quantitative estimate of drug-likeness (QED) is 0.685. The van der Waals surface area contributed by atoms with Crippen LogP contribution in [0.2, 0.25) is 5.02 Å².